The van der Waals surface area contributed by atoms with Crippen molar-refractivity contribution >= 4 is 48.7 Å². The Labute approximate surface area is 246 Å². The van der Waals surface area contributed by atoms with Crippen molar-refractivity contribution in [2.45, 2.75) is 39.0 Å². The smallest absolute Gasteiger partial charge is 0.409 e. The Hall–Kier alpha value is -3.06. The maximum Gasteiger partial charge on any atom is 0.409 e. The average Bonchev–Trinajstić information content (AvgIpc) is 3.42. The molecule has 1 fully saturated rings. The normalized spacial score (nSPS) is 14.5. The molecule has 0 aliphatic carbocycles. The van der Waals surface area contributed by atoms with Gasteiger partial charge in [-0.1, -0.05) is 38.2 Å². The Morgan fingerprint density at radius 2 is 1.63 bits per heavy atom. The van der Waals surface area contributed by atoms with E-state index in [1.165, 1.54) is 38.2 Å². The number of likely N-dealkylation sites (N-methyl/N-ethyl adjacent to an activating group) is 1. The quantitative estimate of drug-likeness (QED) is 0.323. The van der Waals surface area contributed by atoms with Crippen molar-refractivity contribution in [2.75, 3.05) is 63.9 Å². The first kappa shape index (κ1) is 30.9. The molecule has 0 bridgehead atoms. The van der Waals surface area contributed by atoms with Crippen LogP contribution < -0.4 is 4.90 Å². The number of hydrogen-bond donors (Lipinski definition) is 0. The van der Waals surface area contributed by atoms with Gasteiger partial charge in [0.1, 0.15) is 0 Å². The molecule has 222 valence electrons. The van der Waals surface area contributed by atoms with Crippen LogP contribution in [0.15, 0.2) is 47.4 Å². The fourth-order valence-electron chi connectivity index (χ4n) is 4.76. The molecule has 3 aromatic rings. The zero-order valence-electron chi connectivity index (χ0n) is 24.2. The second-order valence-corrected chi connectivity index (χ2v) is 12.7. The fraction of sp³-hybridized carbons (Fsp3) is 0.483. The summed E-state index contributed by atoms with van der Waals surface area (Å²) in [6.45, 7) is 12.1. The maximum atomic E-state index is 13.8. The lowest BCUT2D eigenvalue weighted by Gasteiger charge is -2.33. The van der Waals surface area contributed by atoms with Crippen LogP contribution in [0.25, 0.3) is 10.2 Å². The number of anilines is 1. The molecule has 10 nitrogen and oxygen atoms in total. The molecule has 0 radical (unpaired) electrons. The molecule has 0 atom stereocenters. The Balaban J connectivity index is 1.54. The van der Waals surface area contributed by atoms with E-state index in [2.05, 4.69) is 37.8 Å². The monoisotopic (exact) mass is 601 g/mol. The van der Waals surface area contributed by atoms with E-state index in [4.69, 9.17) is 9.72 Å². The summed E-state index contributed by atoms with van der Waals surface area (Å²) in [7, 11) is -3.78. The van der Waals surface area contributed by atoms with Gasteiger partial charge in [-0.3, -0.25) is 9.69 Å². The topological polar surface area (TPSA) is 103 Å². The van der Waals surface area contributed by atoms with Crippen LogP contribution in [0, 0.1) is 0 Å². The SMILES string of the molecule is CCOC(=O)N1CCN(S(=O)(=O)c2ccc(C(=O)N(CCN(CC)CC)c3nc4ccc(CC)cc4s3)cc2)CC1. The molecule has 1 aliphatic heterocycles. The summed E-state index contributed by atoms with van der Waals surface area (Å²) in [5.74, 6) is -0.223. The molecule has 2 heterocycles. The van der Waals surface area contributed by atoms with Gasteiger partial charge in [-0.05, 0) is 68.4 Å². The highest BCUT2D eigenvalue weighted by Crippen LogP contribution is 2.31. The number of amides is 2. The first-order chi connectivity index (χ1) is 19.7. The number of ether oxygens (including phenoxy) is 1. The number of benzene rings is 2. The molecular formula is C29H39N5O5S2. The van der Waals surface area contributed by atoms with Gasteiger partial charge in [0.05, 0.1) is 21.7 Å². The van der Waals surface area contributed by atoms with Crippen LogP contribution in [0.3, 0.4) is 0 Å². The van der Waals surface area contributed by atoms with Crippen LogP contribution in [0.2, 0.25) is 0 Å². The van der Waals surface area contributed by atoms with Crippen molar-refractivity contribution in [3.8, 4) is 0 Å². The molecule has 1 aromatic heterocycles. The highest BCUT2D eigenvalue weighted by atomic mass is 32.2. The number of piperazine rings is 1. The number of thiazole rings is 1. The molecule has 1 aliphatic rings. The third kappa shape index (κ3) is 7.06. The summed E-state index contributed by atoms with van der Waals surface area (Å²) < 4.78 is 34.0. The predicted molar refractivity (Wildman–Crippen MR) is 162 cm³/mol. The van der Waals surface area contributed by atoms with E-state index < -0.39 is 16.1 Å². The van der Waals surface area contributed by atoms with Gasteiger partial charge in [0.15, 0.2) is 5.13 Å². The van der Waals surface area contributed by atoms with Crippen molar-refractivity contribution in [1.82, 2.24) is 19.1 Å². The van der Waals surface area contributed by atoms with Crippen LogP contribution in [0.4, 0.5) is 9.93 Å². The van der Waals surface area contributed by atoms with Crippen LogP contribution in [0.1, 0.15) is 43.6 Å². The number of carbonyl (C=O) groups excluding carboxylic acids is 2. The first-order valence-electron chi connectivity index (χ1n) is 14.2. The summed E-state index contributed by atoms with van der Waals surface area (Å²) in [5, 5.41) is 0.626. The molecule has 0 N–H and O–H groups in total. The number of fused-ring (bicyclic) bond motifs is 1. The maximum absolute atomic E-state index is 13.8. The molecule has 4 rings (SSSR count). The van der Waals surface area contributed by atoms with Crippen molar-refractivity contribution < 1.29 is 22.7 Å². The van der Waals surface area contributed by atoms with E-state index in [0.717, 1.165) is 29.7 Å². The van der Waals surface area contributed by atoms with Gasteiger partial charge in [0.2, 0.25) is 10.0 Å². The Kier molecular flexibility index (Phi) is 10.3. The predicted octanol–water partition coefficient (Wildman–Crippen LogP) is 4.31. The van der Waals surface area contributed by atoms with Crippen molar-refractivity contribution in [2.24, 2.45) is 0 Å². The average molecular weight is 602 g/mol. The molecule has 0 saturated carbocycles. The molecular weight excluding hydrogens is 562 g/mol. The van der Waals surface area contributed by atoms with Gasteiger partial charge < -0.3 is 14.5 Å². The second kappa shape index (κ2) is 13.7. The number of nitrogens with zero attached hydrogens (tertiary/aromatic N) is 5. The summed E-state index contributed by atoms with van der Waals surface area (Å²) in [5.41, 5.74) is 2.46. The number of sulfonamides is 1. The van der Waals surface area contributed by atoms with Gasteiger partial charge in [-0.15, -0.1) is 0 Å². The van der Waals surface area contributed by atoms with E-state index in [-0.39, 0.29) is 43.6 Å². The lowest BCUT2D eigenvalue weighted by molar-refractivity contribution is 0.0933. The molecule has 2 aromatic carbocycles. The van der Waals surface area contributed by atoms with Crippen molar-refractivity contribution in [1.29, 1.82) is 0 Å². The summed E-state index contributed by atoms with van der Waals surface area (Å²) >= 11 is 1.49. The lowest BCUT2D eigenvalue weighted by Crippen LogP contribution is -2.50. The van der Waals surface area contributed by atoms with Crippen LogP contribution in [-0.2, 0) is 21.2 Å². The highest BCUT2D eigenvalue weighted by Gasteiger charge is 2.31. The second-order valence-electron chi connectivity index (χ2n) is 9.75. The Morgan fingerprint density at radius 3 is 2.24 bits per heavy atom. The van der Waals surface area contributed by atoms with Crippen LogP contribution in [-0.4, -0.2) is 98.5 Å². The molecule has 1 saturated heterocycles. The van der Waals surface area contributed by atoms with E-state index in [1.54, 1.807) is 24.0 Å². The van der Waals surface area contributed by atoms with Gasteiger partial charge in [0, 0.05) is 44.8 Å². The zero-order valence-corrected chi connectivity index (χ0v) is 25.8. The molecule has 2 amide bonds. The third-order valence-electron chi connectivity index (χ3n) is 7.36. The van der Waals surface area contributed by atoms with E-state index in [9.17, 15) is 18.0 Å². The minimum atomic E-state index is -3.78. The zero-order chi connectivity index (χ0) is 29.6. The minimum absolute atomic E-state index is 0.111. The number of rotatable bonds is 11. The van der Waals surface area contributed by atoms with E-state index >= 15 is 0 Å². The molecule has 0 spiro atoms. The van der Waals surface area contributed by atoms with Gasteiger partial charge in [-0.25, -0.2) is 18.2 Å². The summed E-state index contributed by atoms with van der Waals surface area (Å²) in [6.07, 6.45) is 0.487. The first-order valence-corrected chi connectivity index (χ1v) is 16.4. The molecule has 0 unspecified atom stereocenters. The highest BCUT2D eigenvalue weighted by molar-refractivity contribution is 7.89. The summed E-state index contributed by atoms with van der Waals surface area (Å²) in [6, 6.07) is 12.3. The fourth-order valence-corrected chi connectivity index (χ4v) is 7.23. The minimum Gasteiger partial charge on any atom is -0.450 e. The standard InChI is InChI=1S/C29H39N5O5S2/c1-5-22-9-14-25-26(21-22)40-28(30-25)34(20-15-31(6-2)7-3)27(35)23-10-12-24(13-11-23)41(37,38)33-18-16-32(17-19-33)29(36)39-8-4/h9-14,21H,5-8,15-20H2,1-4H3. The van der Waals surface area contributed by atoms with Crippen LogP contribution >= 0.6 is 11.3 Å². The number of carbonyl (C=O) groups is 2. The van der Waals surface area contributed by atoms with E-state index in [1.807, 2.05) is 6.07 Å². The Bertz CT molecular complexity index is 1450. The van der Waals surface area contributed by atoms with Gasteiger partial charge in [0.25, 0.3) is 5.91 Å². The van der Waals surface area contributed by atoms with Crippen LogP contribution in [0.5, 0.6) is 0 Å². The van der Waals surface area contributed by atoms with Crippen molar-refractivity contribution in [3.05, 3.63) is 53.6 Å². The van der Waals surface area contributed by atoms with E-state index in [0.29, 0.717) is 23.8 Å². The third-order valence-corrected chi connectivity index (χ3v) is 10.3. The van der Waals surface area contributed by atoms with Gasteiger partial charge in [-0.2, -0.15) is 4.31 Å². The largest absolute Gasteiger partial charge is 0.450 e. The van der Waals surface area contributed by atoms with Gasteiger partial charge >= 0.3 is 6.09 Å². The van der Waals surface area contributed by atoms with Crippen molar-refractivity contribution in [3.63, 3.8) is 0 Å². The summed E-state index contributed by atoms with van der Waals surface area (Å²) in [4.78, 5) is 36.1. The number of hydrogen-bond acceptors (Lipinski definition) is 8. The number of aromatic nitrogens is 1. The number of aryl methyl sites for hydroxylation is 1. The lowest BCUT2D eigenvalue weighted by atomic mass is 10.2. The molecule has 41 heavy (non-hydrogen) atoms. The Morgan fingerprint density at radius 1 is 0.951 bits per heavy atom. The molecule has 12 heteroatoms.